The molecule has 2 rings (SSSR count). The summed E-state index contributed by atoms with van der Waals surface area (Å²) in [7, 11) is 0. The van der Waals surface area contributed by atoms with Crippen LogP contribution >= 0.6 is 23.5 Å². The standard InChI is InChI=1S/C12H19N3O3S2/c1-19-5-9(16)13-7-12(2-3-12)15-11(18)8-4-20-6-10(17)14-8/h8H,2-7H2,1H3,(H,13,16)(H,14,17)(H,15,18)/t8-/m0/s1. The smallest absolute Gasteiger partial charge is 0.243 e. The Bertz CT molecular complexity index is 413. The first-order chi connectivity index (χ1) is 9.54. The van der Waals surface area contributed by atoms with Crippen molar-refractivity contribution in [2.24, 2.45) is 0 Å². The summed E-state index contributed by atoms with van der Waals surface area (Å²) >= 11 is 2.93. The first-order valence-electron chi connectivity index (χ1n) is 6.49. The van der Waals surface area contributed by atoms with E-state index in [1.54, 1.807) is 0 Å². The summed E-state index contributed by atoms with van der Waals surface area (Å²) in [6.45, 7) is 0.464. The van der Waals surface area contributed by atoms with Gasteiger partial charge in [-0.25, -0.2) is 0 Å². The van der Waals surface area contributed by atoms with Gasteiger partial charge in [-0.2, -0.15) is 11.8 Å². The maximum atomic E-state index is 12.1. The summed E-state index contributed by atoms with van der Waals surface area (Å²) in [5, 5.41) is 8.49. The Morgan fingerprint density at radius 1 is 1.50 bits per heavy atom. The molecule has 3 N–H and O–H groups in total. The van der Waals surface area contributed by atoms with Crippen LogP contribution in [-0.2, 0) is 14.4 Å². The highest BCUT2D eigenvalue weighted by atomic mass is 32.2. The SMILES string of the molecule is CSCC(=O)NCC1(NC(=O)[C@@H]2CSCC(=O)N2)CC1. The summed E-state index contributed by atoms with van der Waals surface area (Å²) in [5.74, 6) is 1.19. The Balaban J connectivity index is 1.78. The molecule has 1 saturated heterocycles. The van der Waals surface area contributed by atoms with E-state index in [2.05, 4.69) is 16.0 Å². The number of rotatable bonds is 6. The van der Waals surface area contributed by atoms with Crippen LogP contribution in [0.1, 0.15) is 12.8 Å². The average Bonchev–Trinajstić information content (AvgIpc) is 3.17. The minimum absolute atomic E-state index is 0.0143. The highest BCUT2D eigenvalue weighted by molar-refractivity contribution is 8.00. The number of carbonyl (C=O) groups is 3. The second kappa shape index (κ2) is 6.71. The summed E-state index contributed by atoms with van der Waals surface area (Å²) in [6, 6.07) is -0.458. The van der Waals surface area contributed by atoms with Gasteiger partial charge in [0.05, 0.1) is 17.0 Å². The Hall–Kier alpha value is -0.890. The maximum absolute atomic E-state index is 12.1. The summed E-state index contributed by atoms with van der Waals surface area (Å²) in [6.07, 6.45) is 3.61. The lowest BCUT2D eigenvalue weighted by Gasteiger charge is -2.25. The van der Waals surface area contributed by atoms with E-state index in [1.807, 2.05) is 6.26 Å². The molecule has 20 heavy (non-hydrogen) atoms. The topological polar surface area (TPSA) is 87.3 Å². The van der Waals surface area contributed by atoms with Crippen LogP contribution in [0.15, 0.2) is 0 Å². The van der Waals surface area contributed by atoms with Crippen molar-refractivity contribution < 1.29 is 14.4 Å². The molecule has 1 aliphatic carbocycles. The third-order valence-corrected chi connectivity index (χ3v) is 4.90. The zero-order valence-corrected chi connectivity index (χ0v) is 13.0. The van der Waals surface area contributed by atoms with Crippen molar-refractivity contribution in [1.82, 2.24) is 16.0 Å². The first kappa shape index (κ1) is 15.5. The quantitative estimate of drug-likeness (QED) is 0.606. The Labute approximate surface area is 126 Å². The predicted octanol–water partition coefficient (Wildman–Crippen LogP) is -0.654. The van der Waals surface area contributed by atoms with Gasteiger partial charge >= 0.3 is 0 Å². The van der Waals surface area contributed by atoms with Crippen molar-refractivity contribution in [3.05, 3.63) is 0 Å². The molecule has 112 valence electrons. The lowest BCUT2D eigenvalue weighted by molar-refractivity contribution is -0.128. The normalized spacial score (nSPS) is 23.6. The van der Waals surface area contributed by atoms with Crippen LogP contribution in [0.25, 0.3) is 0 Å². The molecule has 2 aliphatic rings. The van der Waals surface area contributed by atoms with Crippen LogP contribution in [0, 0.1) is 0 Å². The third kappa shape index (κ3) is 4.31. The van der Waals surface area contributed by atoms with Gasteiger partial charge in [0.1, 0.15) is 6.04 Å². The van der Waals surface area contributed by atoms with Crippen LogP contribution in [0.2, 0.25) is 0 Å². The van der Waals surface area contributed by atoms with E-state index >= 15 is 0 Å². The second-order valence-electron chi connectivity index (χ2n) is 5.11. The number of hydrogen-bond acceptors (Lipinski definition) is 5. The van der Waals surface area contributed by atoms with Gasteiger partial charge in [-0.05, 0) is 19.1 Å². The molecule has 2 fully saturated rings. The highest BCUT2D eigenvalue weighted by Crippen LogP contribution is 2.34. The Morgan fingerprint density at radius 3 is 2.85 bits per heavy atom. The number of hydrogen-bond donors (Lipinski definition) is 3. The molecule has 0 unspecified atom stereocenters. The number of thioether (sulfide) groups is 2. The molecule has 6 nitrogen and oxygen atoms in total. The second-order valence-corrected chi connectivity index (χ2v) is 7.01. The molecule has 0 aromatic carbocycles. The fraction of sp³-hybridized carbons (Fsp3) is 0.750. The van der Waals surface area contributed by atoms with E-state index in [9.17, 15) is 14.4 Å². The molecule has 8 heteroatoms. The fourth-order valence-electron chi connectivity index (χ4n) is 1.98. The van der Waals surface area contributed by atoms with Gasteiger partial charge in [0.2, 0.25) is 17.7 Å². The third-order valence-electron chi connectivity index (χ3n) is 3.31. The van der Waals surface area contributed by atoms with E-state index < -0.39 is 6.04 Å². The minimum Gasteiger partial charge on any atom is -0.353 e. The van der Waals surface area contributed by atoms with Gasteiger partial charge in [-0.1, -0.05) is 0 Å². The van der Waals surface area contributed by atoms with E-state index in [0.29, 0.717) is 23.8 Å². The van der Waals surface area contributed by atoms with Crippen molar-refractivity contribution in [3.8, 4) is 0 Å². The monoisotopic (exact) mass is 317 g/mol. The van der Waals surface area contributed by atoms with Gasteiger partial charge in [0, 0.05) is 12.3 Å². The van der Waals surface area contributed by atoms with Gasteiger partial charge in [0.15, 0.2) is 0 Å². The van der Waals surface area contributed by atoms with Crippen LogP contribution in [0.3, 0.4) is 0 Å². The molecular weight excluding hydrogens is 298 g/mol. The zero-order chi connectivity index (χ0) is 14.6. The van der Waals surface area contributed by atoms with Gasteiger partial charge in [-0.3, -0.25) is 14.4 Å². The van der Waals surface area contributed by atoms with Crippen molar-refractivity contribution in [2.75, 3.05) is 30.1 Å². The van der Waals surface area contributed by atoms with E-state index in [0.717, 1.165) is 12.8 Å². The van der Waals surface area contributed by atoms with Crippen LogP contribution in [0.5, 0.6) is 0 Å². The highest BCUT2D eigenvalue weighted by Gasteiger charge is 2.45. The molecule has 1 aliphatic heterocycles. The van der Waals surface area contributed by atoms with Crippen molar-refractivity contribution >= 4 is 41.2 Å². The average molecular weight is 317 g/mol. The van der Waals surface area contributed by atoms with Gasteiger partial charge in [-0.15, -0.1) is 11.8 Å². The van der Waals surface area contributed by atoms with Crippen molar-refractivity contribution in [1.29, 1.82) is 0 Å². The summed E-state index contributed by atoms with van der Waals surface area (Å²) in [4.78, 5) is 34.8. The molecule has 1 heterocycles. The number of amides is 3. The molecule has 1 atom stereocenters. The van der Waals surface area contributed by atoms with E-state index in [-0.39, 0.29) is 23.3 Å². The predicted molar refractivity (Wildman–Crippen MR) is 80.8 cm³/mol. The maximum Gasteiger partial charge on any atom is 0.243 e. The molecule has 3 amide bonds. The molecule has 0 spiro atoms. The van der Waals surface area contributed by atoms with E-state index in [1.165, 1.54) is 23.5 Å². The fourth-order valence-corrected chi connectivity index (χ4v) is 3.20. The molecular formula is C12H19N3O3S2. The summed E-state index contributed by atoms with van der Waals surface area (Å²) < 4.78 is 0. The molecule has 0 aromatic rings. The van der Waals surface area contributed by atoms with Gasteiger partial charge in [0.25, 0.3) is 0 Å². The molecule has 1 saturated carbocycles. The lowest BCUT2D eigenvalue weighted by atomic mass is 10.2. The largest absolute Gasteiger partial charge is 0.353 e. The van der Waals surface area contributed by atoms with Crippen molar-refractivity contribution in [3.63, 3.8) is 0 Å². The van der Waals surface area contributed by atoms with Crippen LogP contribution < -0.4 is 16.0 Å². The van der Waals surface area contributed by atoms with Crippen LogP contribution in [-0.4, -0.2) is 59.4 Å². The minimum atomic E-state index is -0.458. The van der Waals surface area contributed by atoms with E-state index in [4.69, 9.17) is 0 Å². The number of nitrogens with one attached hydrogen (secondary N) is 3. The van der Waals surface area contributed by atoms with Crippen molar-refractivity contribution in [2.45, 2.75) is 24.4 Å². The lowest BCUT2D eigenvalue weighted by Crippen LogP contribution is -2.56. The Kier molecular flexibility index (Phi) is 5.20. The van der Waals surface area contributed by atoms with Crippen LogP contribution in [0.4, 0.5) is 0 Å². The first-order valence-corrected chi connectivity index (χ1v) is 9.04. The molecule has 0 radical (unpaired) electrons. The Morgan fingerprint density at radius 2 is 2.25 bits per heavy atom. The zero-order valence-electron chi connectivity index (χ0n) is 11.4. The molecule has 0 bridgehead atoms. The summed E-state index contributed by atoms with van der Waals surface area (Å²) in [5.41, 5.74) is -0.308. The number of carbonyl (C=O) groups excluding carboxylic acids is 3. The van der Waals surface area contributed by atoms with Gasteiger partial charge < -0.3 is 16.0 Å². The molecule has 0 aromatic heterocycles.